The van der Waals surface area contributed by atoms with Gasteiger partial charge in [0.05, 0.1) is 12.3 Å². The van der Waals surface area contributed by atoms with Gasteiger partial charge < -0.3 is 15.2 Å². The van der Waals surface area contributed by atoms with Crippen molar-refractivity contribution in [1.29, 1.82) is 0 Å². The summed E-state index contributed by atoms with van der Waals surface area (Å²) in [6.45, 7) is 3.40. The van der Waals surface area contributed by atoms with Crippen LogP contribution in [0.1, 0.15) is 19.0 Å². The van der Waals surface area contributed by atoms with Crippen molar-refractivity contribution in [1.82, 2.24) is 9.97 Å². The number of methoxy groups -OCH3 is 1. The number of anilines is 1. The number of phenols is 1. The Morgan fingerprint density at radius 1 is 1.20 bits per heavy atom. The minimum absolute atomic E-state index is 0.228. The van der Waals surface area contributed by atoms with Crippen LogP contribution >= 0.6 is 0 Å². The topological polar surface area (TPSA) is 67.3 Å². The Hall–Kier alpha value is -2.14. The lowest BCUT2D eigenvalue weighted by molar-refractivity contribution is 0.181. The first-order valence-corrected chi connectivity index (χ1v) is 6.63. The van der Waals surface area contributed by atoms with Crippen LogP contribution in [-0.2, 0) is 11.3 Å². The van der Waals surface area contributed by atoms with Crippen LogP contribution in [0.2, 0.25) is 0 Å². The molecule has 0 aliphatic rings. The first-order chi connectivity index (χ1) is 9.72. The molecule has 0 aliphatic carbocycles. The van der Waals surface area contributed by atoms with Gasteiger partial charge in [0.25, 0.3) is 0 Å². The third-order valence-electron chi connectivity index (χ3n) is 2.75. The van der Waals surface area contributed by atoms with E-state index in [4.69, 9.17) is 4.74 Å². The highest BCUT2D eigenvalue weighted by Crippen LogP contribution is 2.21. The van der Waals surface area contributed by atoms with Gasteiger partial charge in [0.2, 0.25) is 0 Å². The Morgan fingerprint density at radius 2 is 1.95 bits per heavy atom. The molecule has 0 radical (unpaired) electrons. The molecule has 1 aromatic carbocycles. The zero-order chi connectivity index (χ0) is 14.4. The maximum absolute atomic E-state index is 9.34. The van der Waals surface area contributed by atoms with Crippen molar-refractivity contribution in [3.63, 3.8) is 0 Å². The number of hydrogen-bond acceptors (Lipinski definition) is 5. The van der Waals surface area contributed by atoms with E-state index in [0.717, 1.165) is 30.0 Å². The van der Waals surface area contributed by atoms with Gasteiger partial charge in [0.1, 0.15) is 11.6 Å². The summed E-state index contributed by atoms with van der Waals surface area (Å²) in [6, 6.07) is 8.74. The monoisotopic (exact) mass is 273 g/mol. The van der Waals surface area contributed by atoms with Gasteiger partial charge in [-0.15, -0.1) is 0 Å². The predicted molar refractivity (Wildman–Crippen MR) is 78.6 cm³/mol. The molecule has 5 heteroatoms. The molecular weight excluding hydrogens is 254 g/mol. The summed E-state index contributed by atoms with van der Waals surface area (Å²) in [5.74, 6) is 1.64. The lowest BCUT2D eigenvalue weighted by Gasteiger charge is -2.09. The molecule has 0 amide bonds. The molecule has 1 aromatic heterocycles. The molecule has 20 heavy (non-hydrogen) atoms. The average Bonchev–Trinajstić information content (AvgIpc) is 2.46. The summed E-state index contributed by atoms with van der Waals surface area (Å²) in [6.07, 6.45) is 1.03. The second kappa shape index (κ2) is 6.86. The molecular formula is C15H19N3O2. The molecule has 2 N–H and O–H groups in total. The standard InChI is InChI=1S/C15H19N3O2/c1-3-8-16-14-9-12(10-20-2)17-15(18-14)11-4-6-13(19)7-5-11/h4-7,9,19H,3,8,10H2,1-2H3,(H,16,17,18). The van der Waals surface area contributed by atoms with E-state index >= 15 is 0 Å². The highest BCUT2D eigenvalue weighted by Gasteiger charge is 2.07. The van der Waals surface area contributed by atoms with Crippen molar-refractivity contribution in [3.05, 3.63) is 36.0 Å². The van der Waals surface area contributed by atoms with Crippen molar-refractivity contribution < 1.29 is 9.84 Å². The van der Waals surface area contributed by atoms with Crippen LogP contribution in [-0.4, -0.2) is 28.7 Å². The summed E-state index contributed by atoms with van der Waals surface area (Å²) >= 11 is 0. The predicted octanol–water partition coefficient (Wildman–Crippen LogP) is 2.82. The molecule has 0 aliphatic heterocycles. The molecule has 1 heterocycles. The maximum Gasteiger partial charge on any atom is 0.161 e. The van der Waals surface area contributed by atoms with E-state index < -0.39 is 0 Å². The first kappa shape index (κ1) is 14.3. The van der Waals surface area contributed by atoms with Crippen LogP contribution in [0.25, 0.3) is 11.4 Å². The molecule has 106 valence electrons. The Labute approximate surface area is 118 Å². The summed E-state index contributed by atoms with van der Waals surface area (Å²) < 4.78 is 5.14. The molecule has 0 unspecified atom stereocenters. The number of ether oxygens (including phenoxy) is 1. The van der Waals surface area contributed by atoms with Gasteiger partial charge in [0, 0.05) is 25.3 Å². The van der Waals surface area contributed by atoms with Gasteiger partial charge in [0.15, 0.2) is 5.82 Å². The molecule has 0 saturated heterocycles. The van der Waals surface area contributed by atoms with E-state index in [1.165, 1.54) is 0 Å². The van der Waals surface area contributed by atoms with Gasteiger partial charge >= 0.3 is 0 Å². The number of benzene rings is 1. The van der Waals surface area contributed by atoms with Crippen LogP contribution < -0.4 is 5.32 Å². The van der Waals surface area contributed by atoms with E-state index in [2.05, 4.69) is 22.2 Å². The van der Waals surface area contributed by atoms with Crippen LogP contribution in [0.5, 0.6) is 5.75 Å². The van der Waals surface area contributed by atoms with Crippen molar-refractivity contribution in [2.45, 2.75) is 20.0 Å². The SMILES string of the molecule is CCCNc1cc(COC)nc(-c2ccc(O)cc2)n1. The van der Waals surface area contributed by atoms with Crippen LogP contribution in [0.3, 0.4) is 0 Å². The normalized spacial score (nSPS) is 10.5. The number of hydrogen-bond donors (Lipinski definition) is 2. The first-order valence-electron chi connectivity index (χ1n) is 6.63. The lowest BCUT2D eigenvalue weighted by Crippen LogP contribution is -2.06. The van der Waals surface area contributed by atoms with E-state index in [0.29, 0.717) is 12.4 Å². The number of rotatable bonds is 6. The van der Waals surface area contributed by atoms with Crippen LogP contribution in [0, 0.1) is 0 Å². The quantitative estimate of drug-likeness (QED) is 0.847. The minimum Gasteiger partial charge on any atom is -0.508 e. The minimum atomic E-state index is 0.228. The number of nitrogens with one attached hydrogen (secondary N) is 1. The summed E-state index contributed by atoms with van der Waals surface area (Å²) in [7, 11) is 1.64. The Kier molecular flexibility index (Phi) is 4.90. The molecule has 2 rings (SSSR count). The van der Waals surface area contributed by atoms with Crippen molar-refractivity contribution in [2.24, 2.45) is 0 Å². The molecule has 5 nitrogen and oxygen atoms in total. The van der Waals surface area contributed by atoms with E-state index in [9.17, 15) is 5.11 Å². The second-order valence-corrected chi connectivity index (χ2v) is 4.47. The number of aromatic nitrogens is 2. The fourth-order valence-electron chi connectivity index (χ4n) is 1.80. The number of aromatic hydroxyl groups is 1. The van der Waals surface area contributed by atoms with Crippen LogP contribution in [0.15, 0.2) is 30.3 Å². The fourth-order valence-corrected chi connectivity index (χ4v) is 1.80. The van der Waals surface area contributed by atoms with Gasteiger partial charge in [-0.25, -0.2) is 9.97 Å². The maximum atomic E-state index is 9.34. The Balaban J connectivity index is 2.34. The molecule has 0 bridgehead atoms. The molecule has 0 atom stereocenters. The molecule has 0 spiro atoms. The van der Waals surface area contributed by atoms with Crippen molar-refractivity contribution in [2.75, 3.05) is 19.0 Å². The Morgan fingerprint density at radius 3 is 2.60 bits per heavy atom. The fraction of sp³-hybridized carbons (Fsp3) is 0.333. The van der Waals surface area contributed by atoms with Crippen molar-refractivity contribution >= 4 is 5.82 Å². The molecule has 0 fully saturated rings. The van der Waals surface area contributed by atoms with Gasteiger partial charge in [-0.1, -0.05) is 6.92 Å². The number of nitrogens with zero attached hydrogens (tertiary/aromatic N) is 2. The molecule has 0 saturated carbocycles. The zero-order valence-corrected chi connectivity index (χ0v) is 11.8. The third-order valence-corrected chi connectivity index (χ3v) is 2.75. The number of phenolic OH excluding ortho intramolecular Hbond substituents is 1. The third kappa shape index (κ3) is 3.68. The van der Waals surface area contributed by atoms with Gasteiger partial charge in [-0.05, 0) is 30.7 Å². The Bertz CT molecular complexity index is 556. The van der Waals surface area contributed by atoms with E-state index in [1.807, 2.05) is 6.07 Å². The average molecular weight is 273 g/mol. The molecule has 2 aromatic rings. The van der Waals surface area contributed by atoms with Crippen molar-refractivity contribution in [3.8, 4) is 17.1 Å². The summed E-state index contributed by atoms with van der Waals surface area (Å²) in [5, 5.41) is 12.6. The summed E-state index contributed by atoms with van der Waals surface area (Å²) in [5.41, 5.74) is 1.68. The lowest BCUT2D eigenvalue weighted by atomic mass is 10.2. The summed E-state index contributed by atoms with van der Waals surface area (Å²) in [4.78, 5) is 8.97. The van der Waals surface area contributed by atoms with Gasteiger partial charge in [-0.3, -0.25) is 0 Å². The van der Waals surface area contributed by atoms with Gasteiger partial charge in [-0.2, -0.15) is 0 Å². The largest absolute Gasteiger partial charge is 0.508 e. The highest BCUT2D eigenvalue weighted by atomic mass is 16.5. The smallest absolute Gasteiger partial charge is 0.161 e. The van der Waals surface area contributed by atoms with E-state index in [1.54, 1.807) is 31.4 Å². The zero-order valence-electron chi connectivity index (χ0n) is 11.8. The highest BCUT2D eigenvalue weighted by molar-refractivity contribution is 5.58. The van der Waals surface area contributed by atoms with E-state index in [-0.39, 0.29) is 5.75 Å². The second-order valence-electron chi connectivity index (χ2n) is 4.47. The van der Waals surface area contributed by atoms with Crippen LogP contribution in [0.4, 0.5) is 5.82 Å².